The van der Waals surface area contributed by atoms with Gasteiger partial charge in [0.15, 0.2) is 0 Å². The molecule has 10 aromatic carbocycles. The first kappa shape index (κ1) is 54.8. The van der Waals surface area contributed by atoms with Gasteiger partial charge in [-0.25, -0.2) is 0 Å². The van der Waals surface area contributed by atoms with Gasteiger partial charge in [0, 0.05) is 76.8 Å². The molecule has 4 heteroatoms. The average Bonchev–Trinajstić information content (AvgIpc) is 0.687. The van der Waals surface area contributed by atoms with Crippen LogP contribution in [0.4, 0.5) is 51.2 Å². The predicted molar refractivity (Wildman–Crippen MR) is 383 cm³/mol. The normalized spacial score (nSPS) is 16.9. The van der Waals surface area contributed by atoms with Crippen LogP contribution in [0.25, 0.3) is 11.1 Å². The second-order valence-corrected chi connectivity index (χ2v) is 31.3. The SMILES string of the molecule is [2H]C([2H])([2H])c1cc2c3c(c1)N(c1ccc(C(C)(C)C)cc1-c1ccccc1)c1ccc(N(c4ccc(C(C)(C)C)cc4)c4ccc(C(C)(C)C)cc4)cc1B3c1cc3c(cc1N2c1ccc2c(c1)C(C)(C)c1ccccc1C2(C)C)C(C)(C)c1ccccc1C3(C)C. The molecule has 0 atom stereocenters. The molecule has 0 N–H and O–H groups in total. The van der Waals surface area contributed by atoms with Crippen LogP contribution in [-0.2, 0) is 37.9 Å². The predicted octanol–water partition coefficient (Wildman–Crippen LogP) is 21.0. The van der Waals surface area contributed by atoms with E-state index in [0.29, 0.717) is 5.56 Å². The number of benzene rings is 10. The molecule has 0 saturated carbocycles. The molecule has 446 valence electrons. The summed E-state index contributed by atoms with van der Waals surface area (Å²) >= 11 is 0. The number of hydrogen-bond acceptors (Lipinski definition) is 3. The zero-order chi connectivity index (χ0) is 65.4. The van der Waals surface area contributed by atoms with Crippen LogP contribution >= 0.6 is 0 Å². The molecule has 2 heterocycles. The van der Waals surface area contributed by atoms with Crippen molar-refractivity contribution in [2.24, 2.45) is 0 Å². The van der Waals surface area contributed by atoms with Gasteiger partial charge in [-0.2, -0.15) is 0 Å². The Labute approximate surface area is 536 Å². The number of fused-ring (bicyclic) bond motifs is 8. The Balaban J connectivity index is 1.13. The van der Waals surface area contributed by atoms with Gasteiger partial charge in [-0.05, 0) is 197 Å². The number of hydrogen-bond donors (Lipinski definition) is 0. The van der Waals surface area contributed by atoms with E-state index in [2.05, 4.69) is 327 Å². The first-order valence-corrected chi connectivity index (χ1v) is 32.4. The topological polar surface area (TPSA) is 9.72 Å². The first-order chi connectivity index (χ1) is 43.2. The minimum atomic E-state index is -2.47. The third-order valence-corrected chi connectivity index (χ3v) is 21.1. The van der Waals surface area contributed by atoms with E-state index in [1.807, 2.05) is 12.1 Å². The summed E-state index contributed by atoms with van der Waals surface area (Å²) in [6.07, 6.45) is 0. The summed E-state index contributed by atoms with van der Waals surface area (Å²) in [5.74, 6) is 0. The molecule has 10 aromatic rings. The van der Waals surface area contributed by atoms with Crippen molar-refractivity contribution in [1.82, 2.24) is 0 Å². The van der Waals surface area contributed by atoms with Crippen LogP contribution in [-0.4, -0.2) is 6.71 Å². The van der Waals surface area contributed by atoms with E-state index in [1.54, 1.807) is 0 Å². The lowest BCUT2D eigenvalue weighted by atomic mass is 9.33. The molecule has 89 heavy (non-hydrogen) atoms. The Morgan fingerprint density at radius 1 is 0.348 bits per heavy atom. The number of rotatable bonds is 6. The van der Waals surface area contributed by atoms with Crippen LogP contribution in [0.1, 0.15) is 189 Å². The van der Waals surface area contributed by atoms with Gasteiger partial charge in [-0.3, -0.25) is 0 Å². The summed E-state index contributed by atoms with van der Waals surface area (Å²) in [5.41, 5.74) is 27.4. The molecule has 0 unspecified atom stereocenters. The fraction of sp³-hybridized carbons (Fsp3) is 0.294. The minimum absolute atomic E-state index is 0.0359. The van der Waals surface area contributed by atoms with E-state index in [4.69, 9.17) is 0 Å². The number of nitrogens with zero attached hydrogens (tertiary/aromatic N) is 3. The Morgan fingerprint density at radius 2 is 0.775 bits per heavy atom. The van der Waals surface area contributed by atoms with Crippen molar-refractivity contribution in [3.05, 3.63) is 273 Å². The van der Waals surface area contributed by atoms with Crippen LogP contribution in [0.2, 0.25) is 0 Å². The summed E-state index contributed by atoms with van der Waals surface area (Å²) in [5, 5.41) is 0. The molecule has 0 spiro atoms. The molecule has 0 saturated heterocycles. The van der Waals surface area contributed by atoms with E-state index in [0.717, 1.165) is 73.2 Å². The Morgan fingerprint density at radius 3 is 1.29 bits per heavy atom. The fourth-order valence-corrected chi connectivity index (χ4v) is 15.9. The Hall–Kier alpha value is -8.34. The summed E-state index contributed by atoms with van der Waals surface area (Å²) in [6, 6.07) is 77.5. The first-order valence-electron chi connectivity index (χ1n) is 33.9. The molecule has 14 rings (SSSR count). The quantitative estimate of drug-likeness (QED) is 0.154. The van der Waals surface area contributed by atoms with Crippen molar-refractivity contribution >= 4 is 74.3 Å². The fourth-order valence-electron chi connectivity index (χ4n) is 15.9. The van der Waals surface area contributed by atoms with Crippen LogP contribution < -0.4 is 31.1 Å². The monoisotopic (exact) mass is 1160 g/mol. The van der Waals surface area contributed by atoms with Crippen molar-refractivity contribution in [3.63, 3.8) is 0 Å². The lowest BCUT2D eigenvalue weighted by Crippen LogP contribution is -2.62. The van der Waals surface area contributed by atoms with Gasteiger partial charge < -0.3 is 14.7 Å². The van der Waals surface area contributed by atoms with E-state index in [1.165, 1.54) is 66.7 Å². The third kappa shape index (κ3) is 9.03. The standard InChI is InChI=1S/C85H88BN3/c1-53-46-76-78-77(47-53)89(73-44-36-57(81(8,9)10)48-62(73)54-26-20-19-21-27-54)74-45-42-61(87(58-37-32-55(33-38-58)79(2,3)4)59-39-34-56(35-40-59)80(5,6)7)50-71(74)86(78)72-51-69-70(85(17,18)66-31-25-24-30-65(66)84(69,15)16)52-75(72)88(76)60-41-43-67-68(49-60)83(13,14)64-29-23-22-28-63(64)82(67,11)12/h19-52H,1-18H3/i1D3. The Bertz CT molecular complexity index is 4560. The van der Waals surface area contributed by atoms with Crippen LogP contribution in [0.3, 0.4) is 0 Å². The minimum Gasteiger partial charge on any atom is -0.311 e. The Kier molecular flexibility index (Phi) is 12.2. The molecule has 0 fully saturated rings. The van der Waals surface area contributed by atoms with Crippen LogP contribution in [0.5, 0.6) is 0 Å². The maximum Gasteiger partial charge on any atom is 0.252 e. The molecule has 2 aliphatic heterocycles. The number of anilines is 9. The summed E-state index contributed by atoms with van der Waals surface area (Å²) < 4.78 is 28.6. The molecule has 0 aromatic heterocycles. The second kappa shape index (κ2) is 19.8. The van der Waals surface area contributed by atoms with Gasteiger partial charge in [-0.15, -0.1) is 0 Å². The highest BCUT2D eigenvalue weighted by Gasteiger charge is 2.49. The highest BCUT2D eigenvalue weighted by atomic mass is 15.2. The maximum absolute atomic E-state index is 9.54. The zero-order valence-electron chi connectivity index (χ0n) is 58.5. The molecule has 4 aliphatic rings. The molecule has 0 radical (unpaired) electrons. The maximum atomic E-state index is 9.54. The van der Waals surface area contributed by atoms with Crippen molar-refractivity contribution in [2.75, 3.05) is 14.7 Å². The summed E-state index contributed by atoms with van der Waals surface area (Å²) in [4.78, 5) is 7.34. The van der Waals surface area contributed by atoms with E-state index < -0.39 is 6.85 Å². The molecule has 3 nitrogen and oxygen atoms in total. The van der Waals surface area contributed by atoms with Crippen LogP contribution in [0.15, 0.2) is 206 Å². The van der Waals surface area contributed by atoms with Gasteiger partial charge in [-0.1, -0.05) is 239 Å². The van der Waals surface area contributed by atoms with Gasteiger partial charge >= 0.3 is 0 Å². The van der Waals surface area contributed by atoms with Gasteiger partial charge in [0.05, 0.1) is 5.69 Å². The van der Waals surface area contributed by atoms with Crippen molar-refractivity contribution in [2.45, 2.75) is 162 Å². The van der Waals surface area contributed by atoms with Crippen LogP contribution in [0, 0.1) is 6.85 Å². The van der Waals surface area contributed by atoms with E-state index in [-0.39, 0.29) is 44.6 Å². The highest BCUT2D eigenvalue weighted by Crippen LogP contribution is 2.56. The van der Waals surface area contributed by atoms with Gasteiger partial charge in [0.1, 0.15) is 0 Å². The molecule has 0 amide bonds. The van der Waals surface area contributed by atoms with Gasteiger partial charge in [0.2, 0.25) is 0 Å². The molecular weight excluding hydrogens is 1070 g/mol. The van der Waals surface area contributed by atoms with E-state index in [9.17, 15) is 4.11 Å². The van der Waals surface area contributed by atoms with Crippen molar-refractivity contribution in [3.8, 4) is 11.1 Å². The summed E-state index contributed by atoms with van der Waals surface area (Å²) in [6.45, 7) is 36.8. The molecular formula is C85H88BN3. The second-order valence-electron chi connectivity index (χ2n) is 31.3. The summed E-state index contributed by atoms with van der Waals surface area (Å²) in [7, 11) is 0. The lowest BCUT2D eigenvalue weighted by Gasteiger charge is -2.49. The van der Waals surface area contributed by atoms with Gasteiger partial charge in [0.25, 0.3) is 6.71 Å². The lowest BCUT2D eigenvalue weighted by molar-refractivity contribution is 0.520. The third-order valence-electron chi connectivity index (χ3n) is 21.1. The van der Waals surface area contributed by atoms with Crippen molar-refractivity contribution < 1.29 is 4.11 Å². The molecule has 0 bridgehead atoms. The highest BCUT2D eigenvalue weighted by molar-refractivity contribution is 7.00. The number of aryl methyl sites for hydroxylation is 1. The van der Waals surface area contributed by atoms with E-state index >= 15 is 0 Å². The average molecular weight is 1170 g/mol. The zero-order valence-corrected chi connectivity index (χ0v) is 55.5. The largest absolute Gasteiger partial charge is 0.311 e. The molecule has 2 aliphatic carbocycles. The smallest absolute Gasteiger partial charge is 0.252 e. The van der Waals surface area contributed by atoms with Crippen molar-refractivity contribution in [1.29, 1.82) is 0 Å².